The molecule has 0 radical (unpaired) electrons. The topological polar surface area (TPSA) is 46.9 Å². The molecular weight excluding hydrogens is 246 g/mol. The van der Waals surface area contributed by atoms with E-state index in [0.29, 0.717) is 11.8 Å². The molecule has 5 heteroatoms. The second kappa shape index (κ2) is 6.36. The molecule has 0 bridgehead atoms. The zero-order chi connectivity index (χ0) is 13.0. The Bertz CT molecular complexity index is 410. The Labute approximate surface area is 112 Å². The van der Waals surface area contributed by atoms with Gasteiger partial charge in [0.15, 0.2) is 0 Å². The minimum absolute atomic E-state index is 0.572. The van der Waals surface area contributed by atoms with Gasteiger partial charge < -0.3 is 9.88 Å². The highest BCUT2D eigenvalue weighted by Crippen LogP contribution is 2.22. The Balaban J connectivity index is 1.97. The summed E-state index contributed by atoms with van der Waals surface area (Å²) in [5.41, 5.74) is 1.03. The SMILES string of the molecule is CCS(=O)CCn1cc(C)nc1NC1CCCC1. The summed E-state index contributed by atoms with van der Waals surface area (Å²) < 4.78 is 13.6. The number of aromatic nitrogens is 2. The summed E-state index contributed by atoms with van der Waals surface area (Å²) in [6.45, 7) is 4.76. The van der Waals surface area contributed by atoms with Gasteiger partial charge in [-0.15, -0.1) is 0 Å². The van der Waals surface area contributed by atoms with E-state index in [4.69, 9.17) is 0 Å². The minimum atomic E-state index is -0.707. The van der Waals surface area contributed by atoms with Crippen LogP contribution in [0.2, 0.25) is 0 Å². The highest BCUT2D eigenvalue weighted by atomic mass is 32.2. The van der Waals surface area contributed by atoms with Crippen molar-refractivity contribution in [1.82, 2.24) is 9.55 Å². The lowest BCUT2D eigenvalue weighted by Gasteiger charge is -2.14. The third-order valence-corrected chi connectivity index (χ3v) is 4.75. The van der Waals surface area contributed by atoms with Gasteiger partial charge in [-0.1, -0.05) is 19.8 Å². The molecule has 4 nitrogen and oxygen atoms in total. The van der Waals surface area contributed by atoms with Gasteiger partial charge in [0.2, 0.25) is 5.95 Å². The van der Waals surface area contributed by atoms with Crippen LogP contribution in [0.15, 0.2) is 6.20 Å². The molecule has 1 aliphatic rings. The summed E-state index contributed by atoms with van der Waals surface area (Å²) in [6.07, 6.45) is 7.16. The quantitative estimate of drug-likeness (QED) is 0.862. The fourth-order valence-electron chi connectivity index (χ4n) is 2.43. The van der Waals surface area contributed by atoms with Crippen LogP contribution in [0.25, 0.3) is 0 Å². The van der Waals surface area contributed by atoms with Crippen LogP contribution in [0.5, 0.6) is 0 Å². The zero-order valence-corrected chi connectivity index (χ0v) is 12.1. The molecule has 1 fully saturated rings. The van der Waals surface area contributed by atoms with Gasteiger partial charge in [-0.2, -0.15) is 0 Å². The molecule has 1 aromatic heterocycles. The van der Waals surface area contributed by atoms with Crippen LogP contribution in [0, 0.1) is 6.92 Å². The molecule has 102 valence electrons. The van der Waals surface area contributed by atoms with Crippen LogP contribution in [-0.2, 0) is 17.3 Å². The van der Waals surface area contributed by atoms with Gasteiger partial charge in [-0.25, -0.2) is 4.98 Å². The van der Waals surface area contributed by atoms with E-state index in [1.807, 2.05) is 20.0 Å². The van der Waals surface area contributed by atoms with E-state index in [9.17, 15) is 4.21 Å². The number of aryl methyl sites for hydroxylation is 2. The smallest absolute Gasteiger partial charge is 0.203 e. The maximum Gasteiger partial charge on any atom is 0.203 e. The van der Waals surface area contributed by atoms with Crippen LogP contribution in [0.4, 0.5) is 5.95 Å². The maximum absolute atomic E-state index is 11.5. The van der Waals surface area contributed by atoms with Crippen molar-refractivity contribution in [2.75, 3.05) is 16.8 Å². The maximum atomic E-state index is 11.5. The molecule has 0 aliphatic heterocycles. The van der Waals surface area contributed by atoms with E-state index in [0.717, 1.165) is 23.9 Å². The van der Waals surface area contributed by atoms with E-state index in [2.05, 4.69) is 14.9 Å². The summed E-state index contributed by atoms with van der Waals surface area (Å²) in [6, 6.07) is 0.572. The van der Waals surface area contributed by atoms with Gasteiger partial charge in [0, 0.05) is 41.1 Å². The molecule has 0 saturated heterocycles. The Kier molecular flexibility index (Phi) is 4.80. The predicted octanol–water partition coefficient (Wildman–Crippen LogP) is 2.31. The summed E-state index contributed by atoms with van der Waals surface area (Å²) in [5, 5.41) is 3.52. The van der Waals surface area contributed by atoms with Crippen LogP contribution in [0.1, 0.15) is 38.3 Å². The van der Waals surface area contributed by atoms with Gasteiger partial charge >= 0.3 is 0 Å². The summed E-state index contributed by atoms with van der Waals surface area (Å²) in [5.74, 6) is 2.40. The second-order valence-corrected chi connectivity index (χ2v) is 6.82. The standard InChI is InChI=1S/C13H23N3OS/c1-3-18(17)9-8-16-10-11(2)14-13(16)15-12-6-4-5-7-12/h10,12H,3-9H2,1-2H3,(H,14,15). The first kappa shape index (κ1) is 13.6. The molecular formula is C13H23N3OS. The number of hydrogen-bond acceptors (Lipinski definition) is 3. The molecule has 1 N–H and O–H groups in total. The summed E-state index contributed by atoms with van der Waals surface area (Å²) in [7, 11) is -0.707. The van der Waals surface area contributed by atoms with Crippen molar-refractivity contribution in [2.45, 2.75) is 52.1 Å². The van der Waals surface area contributed by atoms with Gasteiger partial charge in [-0.05, 0) is 19.8 Å². The zero-order valence-electron chi connectivity index (χ0n) is 11.3. The monoisotopic (exact) mass is 269 g/mol. The molecule has 1 saturated carbocycles. The molecule has 1 atom stereocenters. The van der Waals surface area contributed by atoms with Crippen molar-refractivity contribution >= 4 is 16.7 Å². The molecule has 0 amide bonds. The Morgan fingerprint density at radius 2 is 2.22 bits per heavy atom. The van der Waals surface area contributed by atoms with E-state index in [1.165, 1.54) is 25.7 Å². The average molecular weight is 269 g/mol. The molecule has 1 heterocycles. The van der Waals surface area contributed by atoms with Crippen LogP contribution in [-0.4, -0.2) is 31.3 Å². The van der Waals surface area contributed by atoms with Crippen molar-refractivity contribution < 1.29 is 4.21 Å². The summed E-state index contributed by atoms with van der Waals surface area (Å²) in [4.78, 5) is 4.53. The van der Waals surface area contributed by atoms with Gasteiger partial charge in [0.1, 0.15) is 0 Å². The van der Waals surface area contributed by atoms with Crippen molar-refractivity contribution in [3.05, 3.63) is 11.9 Å². The number of nitrogens with one attached hydrogen (secondary N) is 1. The predicted molar refractivity (Wildman–Crippen MR) is 76.4 cm³/mol. The first-order valence-corrected chi connectivity index (χ1v) is 8.33. The van der Waals surface area contributed by atoms with E-state index in [-0.39, 0.29) is 0 Å². The van der Waals surface area contributed by atoms with Crippen molar-refractivity contribution in [1.29, 1.82) is 0 Å². The van der Waals surface area contributed by atoms with Crippen molar-refractivity contribution in [3.63, 3.8) is 0 Å². The fourth-order valence-corrected chi connectivity index (χ4v) is 3.12. The minimum Gasteiger partial charge on any atom is -0.353 e. The third kappa shape index (κ3) is 3.57. The van der Waals surface area contributed by atoms with Gasteiger partial charge in [0.05, 0.1) is 5.69 Å². The molecule has 1 unspecified atom stereocenters. The highest BCUT2D eigenvalue weighted by molar-refractivity contribution is 7.84. The van der Waals surface area contributed by atoms with Crippen LogP contribution in [0.3, 0.4) is 0 Å². The third-order valence-electron chi connectivity index (χ3n) is 3.47. The molecule has 1 aliphatic carbocycles. The number of rotatable bonds is 6. The molecule has 1 aromatic rings. The molecule has 18 heavy (non-hydrogen) atoms. The van der Waals surface area contributed by atoms with E-state index >= 15 is 0 Å². The van der Waals surface area contributed by atoms with Crippen LogP contribution >= 0.6 is 0 Å². The number of hydrogen-bond donors (Lipinski definition) is 1. The van der Waals surface area contributed by atoms with Gasteiger partial charge in [-0.3, -0.25) is 4.21 Å². The lowest BCUT2D eigenvalue weighted by molar-refractivity contribution is 0.671. The number of imidazole rings is 1. The average Bonchev–Trinajstić information content (AvgIpc) is 2.97. The number of anilines is 1. The van der Waals surface area contributed by atoms with E-state index < -0.39 is 10.8 Å². The lowest BCUT2D eigenvalue weighted by atomic mass is 10.2. The Hall–Kier alpha value is -0.840. The molecule has 0 aromatic carbocycles. The summed E-state index contributed by atoms with van der Waals surface area (Å²) >= 11 is 0. The molecule has 2 rings (SSSR count). The largest absolute Gasteiger partial charge is 0.353 e. The Morgan fingerprint density at radius 1 is 1.50 bits per heavy atom. The normalized spacial score (nSPS) is 18.1. The van der Waals surface area contributed by atoms with Crippen LogP contribution < -0.4 is 5.32 Å². The second-order valence-electron chi connectivity index (χ2n) is 4.96. The number of nitrogens with zero attached hydrogens (tertiary/aromatic N) is 2. The lowest BCUT2D eigenvalue weighted by Crippen LogP contribution is -2.19. The fraction of sp³-hybridized carbons (Fsp3) is 0.769. The van der Waals surface area contributed by atoms with Gasteiger partial charge in [0.25, 0.3) is 0 Å². The van der Waals surface area contributed by atoms with Crippen molar-refractivity contribution in [2.24, 2.45) is 0 Å². The van der Waals surface area contributed by atoms with E-state index in [1.54, 1.807) is 0 Å². The molecule has 0 spiro atoms. The van der Waals surface area contributed by atoms with Crippen molar-refractivity contribution in [3.8, 4) is 0 Å². The first-order valence-electron chi connectivity index (χ1n) is 6.84. The highest BCUT2D eigenvalue weighted by Gasteiger charge is 2.17. The first-order chi connectivity index (χ1) is 8.69. The Morgan fingerprint density at radius 3 is 2.89 bits per heavy atom.